The van der Waals surface area contributed by atoms with Crippen molar-refractivity contribution in [3.63, 3.8) is 0 Å². The van der Waals surface area contributed by atoms with Crippen molar-refractivity contribution in [2.45, 2.75) is 32.6 Å². The van der Waals surface area contributed by atoms with Crippen molar-refractivity contribution < 1.29 is 0 Å². The van der Waals surface area contributed by atoms with Crippen molar-refractivity contribution in [2.75, 3.05) is 0 Å². The van der Waals surface area contributed by atoms with Crippen LogP contribution in [0.15, 0.2) is 18.6 Å². The minimum Gasteiger partial charge on any atom is -0.261 e. The van der Waals surface area contributed by atoms with Crippen LogP contribution in [-0.2, 0) is 0 Å². The average molecular weight is 150 g/mol. The van der Waals surface area contributed by atoms with Gasteiger partial charge in [-0.15, -0.1) is 0 Å². The molecule has 2 nitrogen and oxygen atoms in total. The SMILES string of the molecule is CC.c1cnc(C2CC2)cn1. The molecule has 0 bridgehead atoms. The molecule has 2 rings (SSSR count). The molecule has 11 heavy (non-hydrogen) atoms. The van der Waals surface area contributed by atoms with E-state index in [2.05, 4.69) is 9.97 Å². The first kappa shape index (κ1) is 8.18. The molecule has 1 aliphatic carbocycles. The minimum atomic E-state index is 0.735. The van der Waals surface area contributed by atoms with E-state index in [1.807, 2.05) is 20.0 Å². The third-order valence-electron chi connectivity index (χ3n) is 1.58. The van der Waals surface area contributed by atoms with E-state index in [1.165, 1.54) is 12.8 Å². The Kier molecular flexibility index (Phi) is 3.02. The third kappa shape index (κ3) is 2.30. The summed E-state index contributed by atoms with van der Waals surface area (Å²) in [6.45, 7) is 4.00. The summed E-state index contributed by atoms with van der Waals surface area (Å²) in [4.78, 5) is 8.16. The minimum absolute atomic E-state index is 0.735. The van der Waals surface area contributed by atoms with Gasteiger partial charge < -0.3 is 0 Å². The molecule has 1 fully saturated rings. The zero-order valence-electron chi connectivity index (χ0n) is 7.12. The molecule has 1 aromatic heterocycles. The molecule has 1 saturated carbocycles. The number of nitrogens with zero attached hydrogens (tertiary/aromatic N) is 2. The Morgan fingerprint density at radius 3 is 2.45 bits per heavy atom. The smallest absolute Gasteiger partial charge is 0.0617 e. The monoisotopic (exact) mass is 150 g/mol. The van der Waals surface area contributed by atoms with Gasteiger partial charge in [0.05, 0.1) is 5.69 Å². The van der Waals surface area contributed by atoms with E-state index in [0.717, 1.165) is 11.6 Å². The summed E-state index contributed by atoms with van der Waals surface area (Å²) in [6.07, 6.45) is 7.94. The van der Waals surface area contributed by atoms with Gasteiger partial charge in [-0.2, -0.15) is 0 Å². The van der Waals surface area contributed by atoms with Gasteiger partial charge in [-0.3, -0.25) is 9.97 Å². The highest BCUT2D eigenvalue weighted by Crippen LogP contribution is 2.38. The molecule has 0 aliphatic heterocycles. The molecular formula is C9H14N2. The van der Waals surface area contributed by atoms with Crippen LogP contribution in [0.25, 0.3) is 0 Å². The average Bonchev–Trinajstić information content (AvgIpc) is 2.92. The summed E-state index contributed by atoms with van der Waals surface area (Å²) >= 11 is 0. The standard InChI is InChI=1S/C7H8N2.C2H6/c1-2-6(1)7-5-8-3-4-9-7;1-2/h3-6H,1-2H2;1-2H3. The fraction of sp³-hybridized carbons (Fsp3) is 0.556. The topological polar surface area (TPSA) is 25.8 Å². The Morgan fingerprint density at radius 2 is 2.00 bits per heavy atom. The molecule has 1 aromatic rings. The van der Waals surface area contributed by atoms with Gasteiger partial charge in [0, 0.05) is 24.5 Å². The molecular weight excluding hydrogens is 136 g/mol. The molecule has 0 saturated heterocycles. The lowest BCUT2D eigenvalue weighted by Gasteiger charge is -1.90. The van der Waals surface area contributed by atoms with Crippen molar-refractivity contribution in [3.8, 4) is 0 Å². The largest absolute Gasteiger partial charge is 0.261 e. The van der Waals surface area contributed by atoms with Gasteiger partial charge in [0.1, 0.15) is 0 Å². The molecule has 0 amide bonds. The van der Waals surface area contributed by atoms with E-state index >= 15 is 0 Å². The van der Waals surface area contributed by atoms with Crippen molar-refractivity contribution >= 4 is 0 Å². The molecule has 1 heterocycles. The number of aromatic nitrogens is 2. The molecule has 0 unspecified atom stereocenters. The lowest BCUT2D eigenvalue weighted by molar-refractivity contribution is 0.988. The van der Waals surface area contributed by atoms with Gasteiger partial charge in [-0.1, -0.05) is 13.8 Å². The van der Waals surface area contributed by atoms with Gasteiger partial charge in [0.25, 0.3) is 0 Å². The Labute approximate surface area is 67.7 Å². The quantitative estimate of drug-likeness (QED) is 0.614. The van der Waals surface area contributed by atoms with Gasteiger partial charge in [-0.05, 0) is 12.8 Å². The Bertz CT molecular complexity index is 192. The van der Waals surface area contributed by atoms with Crippen LogP contribution in [0, 0.1) is 0 Å². The molecule has 0 N–H and O–H groups in total. The van der Waals surface area contributed by atoms with Crippen molar-refractivity contribution in [3.05, 3.63) is 24.3 Å². The first-order chi connectivity index (χ1) is 5.47. The summed E-state index contributed by atoms with van der Waals surface area (Å²) in [6, 6.07) is 0. The highest BCUT2D eigenvalue weighted by atomic mass is 14.8. The summed E-state index contributed by atoms with van der Waals surface area (Å²) in [5, 5.41) is 0. The second-order valence-corrected chi connectivity index (χ2v) is 2.40. The summed E-state index contributed by atoms with van der Waals surface area (Å²) < 4.78 is 0. The van der Waals surface area contributed by atoms with E-state index in [1.54, 1.807) is 12.4 Å². The third-order valence-corrected chi connectivity index (χ3v) is 1.58. The Morgan fingerprint density at radius 1 is 1.27 bits per heavy atom. The molecule has 0 radical (unpaired) electrons. The van der Waals surface area contributed by atoms with Gasteiger partial charge in [-0.25, -0.2) is 0 Å². The summed E-state index contributed by atoms with van der Waals surface area (Å²) in [5.41, 5.74) is 1.16. The number of hydrogen-bond acceptors (Lipinski definition) is 2. The van der Waals surface area contributed by atoms with E-state index in [4.69, 9.17) is 0 Å². The van der Waals surface area contributed by atoms with Crippen LogP contribution in [0.2, 0.25) is 0 Å². The maximum Gasteiger partial charge on any atom is 0.0617 e. The molecule has 0 spiro atoms. The zero-order valence-corrected chi connectivity index (χ0v) is 7.12. The van der Waals surface area contributed by atoms with Crippen LogP contribution in [0.4, 0.5) is 0 Å². The van der Waals surface area contributed by atoms with Crippen LogP contribution in [0.3, 0.4) is 0 Å². The lowest BCUT2D eigenvalue weighted by atomic mass is 10.3. The predicted octanol–water partition coefficient (Wildman–Crippen LogP) is 2.38. The van der Waals surface area contributed by atoms with Gasteiger partial charge in [0.2, 0.25) is 0 Å². The maximum absolute atomic E-state index is 4.18. The van der Waals surface area contributed by atoms with Crippen molar-refractivity contribution in [1.82, 2.24) is 9.97 Å². The molecule has 1 aliphatic rings. The molecule has 0 atom stereocenters. The van der Waals surface area contributed by atoms with E-state index in [0.29, 0.717) is 0 Å². The van der Waals surface area contributed by atoms with Gasteiger partial charge >= 0.3 is 0 Å². The summed E-state index contributed by atoms with van der Waals surface area (Å²) in [5.74, 6) is 0.735. The second-order valence-electron chi connectivity index (χ2n) is 2.40. The van der Waals surface area contributed by atoms with Crippen LogP contribution in [0.1, 0.15) is 38.3 Å². The van der Waals surface area contributed by atoms with E-state index < -0.39 is 0 Å². The Balaban J connectivity index is 0.000000281. The van der Waals surface area contributed by atoms with Crippen LogP contribution in [-0.4, -0.2) is 9.97 Å². The zero-order chi connectivity index (χ0) is 8.10. The number of hydrogen-bond donors (Lipinski definition) is 0. The maximum atomic E-state index is 4.18. The van der Waals surface area contributed by atoms with Crippen molar-refractivity contribution in [1.29, 1.82) is 0 Å². The van der Waals surface area contributed by atoms with Crippen LogP contribution in [0.5, 0.6) is 0 Å². The second kappa shape index (κ2) is 4.06. The number of rotatable bonds is 1. The lowest BCUT2D eigenvalue weighted by Crippen LogP contribution is -1.84. The fourth-order valence-electron chi connectivity index (χ4n) is 0.901. The van der Waals surface area contributed by atoms with E-state index in [9.17, 15) is 0 Å². The highest BCUT2D eigenvalue weighted by Gasteiger charge is 2.24. The highest BCUT2D eigenvalue weighted by molar-refractivity contribution is 5.09. The Hall–Kier alpha value is -0.920. The fourth-order valence-corrected chi connectivity index (χ4v) is 0.901. The summed E-state index contributed by atoms with van der Waals surface area (Å²) in [7, 11) is 0. The molecule has 60 valence electrons. The predicted molar refractivity (Wildman–Crippen MR) is 45.4 cm³/mol. The first-order valence-corrected chi connectivity index (χ1v) is 4.23. The van der Waals surface area contributed by atoms with Crippen LogP contribution >= 0.6 is 0 Å². The first-order valence-electron chi connectivity index (χ1n) is 4.23. The van der Waals surface area contributed by atoms with Gasteiger partial charge in [0.15, 0.2) is 0 Å². The molecule has 2 heteroatoms. The van der Waals surface area contributed by atoms with E-state index in [-0.39, 0.29) is 0 Å². The van der Waals surface area contributed by atoms with Crippen molar-refractivity contribution in [2.24, 2.45) is 0 Å². The normalized spacial score (nSPS) is 15.1. The molecule has 0 aromatic carbocycles. The van der Waals surface area contributed by atoms with Crippen LogP contribution < -0.4 is 0 Å².